The Hall–Kier alpha value is -12.6. The first-order chi connectivity index (χ1) is 52.1. The maximum atomic E-state index is 2.60. The first-order valence-electron chi connectivity index (χ1n) is 37.8. The normalized spacial score (nSPS) is 16.4. The molecule has 2 nitrogen and oxygen atoms in total. The molecule has 15 aromatic carbocycles. The number of anilines is 6. The van der Waals surface area contributed by atoms with Gasteiger partial charge in [0, 0.05) is 44.7 Å². The van der Waals surface area contributed by atoms with E-state index >= 15 is 0 Å². The van der Waals surface area contributed by atoms with Crippen molar-refractivity contribution in [1.29, 1.82) is 0 Å². The third-order valence-electron chi connectivity index (χ3n) is 25.4. The first kappa shape index (κ1) is 60.9. The summed E-state index contributed by atoms with van der Waals surface area (Å²) in [7, 11) is 0. The number of hydrogen-bond donors (Lipinski definition) is 0. The fourth-order valence-electron chi connectivity index (χ4n) is 21.0. The molecule has 22 rings (SSSR count). The second-order valence-electron chi connectivity index (χ2n) is 31.2. The summed E-state index contributed by atoms with van der Waals surface area (Å²) in [5.41, 5.74) is 44.7. The number of hydrogen-bond acceptors (Lipinski definition) is 2. The molecular weight excluding hydrogens is 1280 g/mol. The SMILES string of the molecule is CC1(C)c2ccccc2-c2ccc(N(c3ccc(-c4cccc(-c5cccc6c5C(C)(C)c5cc(N(c7ccc(-c8ccccc8)cc7)c7cccc8c7-c7ccccc7C87c8ccccc8-c8ccccc87)ccc5-6)c4)cc3)c3cccc4c3C3(C5=C(C=CCC5)c5ccccc53)c3ccccc3-4)cc21. The Morgan fingerprint density at radius 2 is 0.642 bits per heavy atom. The highest BCUT2D eigenvalue weighted by Crippen LogP contribution is 2.68. The van der Waals surface area contributed by atoms with Crippen molar-refractivity contribution in [1.82, 2.24) is 0 Å². The van der Waals surface area contributed by atoms with Crippen LogP contribution in [0.5, 0.6) is 0 Å². The number of fused-ring (bicyclic) bond motifs is 25. The Morgan fingerprint density at radius 1 is 0.245 bits per heavy atom. The number of nitrogens with zero attached hydrogens (tertiary/aromatic N) is 2. The number of benzene rings is 15. The van der Waals surface area contributed by atoms with E-state index in [9.17, 15) is 0 Å². The van der Waals surface area contributed by atoms with Crippen LogP contribution in [0.3, 0.4) is 0 Å². The molecule has 0 radical (unpaired) electrons. The minimum absolute atomic E-state index is 0.187. The lowest BCUT2D eigenvalue weighted by molar-refractivity contribution is 0.660. The Balaban J connectivity index is 0.659. The van der Waals surface area contributed by atoms with Gasteiger partial charge in [0.1, 0.15) is 0 Å². The average Bonchev–Trinajstić information content (AvgIpc) is 1.51. The van der Waals surface area contributed by atoms with Crippen LogP contribution in [0.1, 0.15) is 107 Å². The number of allylic oxidation sites excluding steroid dienone is 4. The Bertz CT molecular complexity index is 6290. The fraction of sp³-hybridized carbons (Fsp3) is 0.0962. The van der Waals surface area contributed by atoms with Gasteiger partial charge in [0.25, 0.3) is 0 Å². The molecule has 500 valence electrons. The molecule has 0 aliphatic heterocycles. The van der Waals surface area contributed by atoms with Gasteiger partial charge in [0.15, 0.2) is 0 Å². The molecule has 2 spiro atoms. The highest BCUT2D eigenvalue weighted by molar-refractivity contribution is 6.04. The molecule has 0 heterocycles. The third kappa shape index (κ3) is 8.16. The van der Waals surface area contributed by atoms with Gasteiger partial charge >= 0.3 is 0 Å². The zero-order valence-corrected chi connectivity index (χ0v) is 59.8. The van der Waals surface area contributed by atoms with E-state index in [1.165, 1.54) is 173 Å². The first-order valence-corrected chi connectivity index (χ1v) is 37.8. The summed E-state index contributed by atoms with van der Waals surface area (Å²) < 4.78 is 0. The van der Waals surface area contributed by atoms with Crippen molar-refractivity contribution in [2.75, 3.05) is 9.80 Å². The summed E-state index contributed by atoms with van der Waals surface area (Å²) in [6, 6.07) is 130. The van der Waals surface area contributed by atoms with Gasteiger partial charge in [-0.05, 0) is 235 Å². The van der Waals surface area contributed by atoms with Crippen LogP contribution in [0.25, 0.3) is 94.6 Å². The molecule has 0 aromatic heterocycles. The van der Waals surface area contributed by atoms with Crippen molar-refractivity contribution in [3.8, 4) is 89.0 Å². The van der Waals surface area contributed by atoms with Crippen LogP contribution in [-0.2, 0) is 21.7 Å². The zero-order valence-electron chi connectivity index (χ0n) is 59.8. The van der Waals surface area contributed by atoms with E-state index < -0.39 is 10.8 Å². The van der Waals surface area contributed by atoms with E-state index in [0.29, 0.717) is 0 Å². The largest absolute Gasteiger partial charge is 0.310 e. The lowest BCUT2D eigenvalue weighted by Crippen LogP contribution is -2.30. The molecule has 15 aromatic rings. The second-order valence-corrected chi connectivity index (χ2v) is 31.2. The summed E-state index contributed by atoms with van der Waals surface area (Å²) in [4.78, 5) is 5.15. The lowest BCUT2D eigenvalue weighted by Gasteiger charge is -2.37. The van der Waals surface area contributed by atoms with Gasteiger partial charge in [-0.15, -0.1) is 0 Å². The van der Waals surface area contributed by atoms with Crippen LogP contribution in [-0.4, -0.2) is 0 Å². The van der Waals surface area contributed by atoms with Gasteiger partial charge in [-0.3, -0.25) is 0 Å². The van der Waals surface area contributed by atoms with Gasteiger partial charge in [0.2, 0.25) is 0 Å². The Kier molecular flexibility index (Phi) is 12.9. The van der Waals surface area contributed by atoms with Gasteiger partial charge in [-0.2, -0.15) is 0 Å². The minimum Gasteiger partial charge on any atom is -0.310 e. The molecule has 1 atom stereocenters. The Morgan fingerprint density at radius 3 is 1.29 bits per heavy atom. The van der Waals surface area contributed by atoms with Crippen LogP contribution in [0.4, 0.5) is 34.1 Å². The lowest BCUT2D eigenvalue weighted by atomic mass is 9.67. The predicted molar refractivity (Wildman–Crippen MR) is 441 cm³/mol. The van der Waals surface area contributed by atoms with E-state index in [2.05, 4.69) is 389 Å². The van der Waals surface area contributed by atoms with Crippen LogP contribution in [0.2, 0.25) is 0 Å². The van der Waals surface area contributed by atoms with E-state index in [-0.39, 0.29) is 10.8 Å². The number of rotatable bonds is 9. The van der Waals surface area contributed by atoms with Crippen molar-refractivity contribution in [3.05, 3.63) is 424 Å². The minimum atomic E-state index is -0.479. The smallest absolute Gasteiger partial charge is 0.0726 e. The van der Waals surface area contributed by atoms with Crippen molar-refractivity contribution in [3.63, 3.8) is 0 Å². The van der Waals surface area contributed by atoms with Gasteiger partial charge < -0.3 is 9.80 Å². The van der Waals surface area contributed by atoms with Crippen molar-refractivity contribution in [2.45, 2.75) is 62.2 Å². The van der Waals surface area contributed by atoms with Crippen LogP contribution in [0, 0.1) is 0 Å². The fourth-order valence-corrected chi connectivity index (χ4v) is 21.0. The van der Waals surface area contributed by atoms with Crippen LogP contribution >= 0.6 is 0 Å². The molecule has 0 bridgehead atoms. The maximum absolute atomic E-state index is 2.60. The van der Waals surface area contributed by atoms with Crippen molar-refractivity contribution < 1.29 is 0 Å². The zero-order chi connectivity index (χ0) is 70.4. The molecule has 0 N–H and O–H groups in total. The standard InChI is InChI=1S/C104H74N2/c1-101(2)86-40-15-8-30-75(86)81-60-58-73(63-94(81)101)106(97-49-24-39-84-80-35-13-20-45-91(80)104(100(84)97)89-43-18-11-33-78(89)79-34-12-19-44-90(79)104)71-56-52-67(53-57-71)68-28-22-29-69(62-68)74-37-23-38-83-82-61-59-72(64-95(82)102(3,4)99(74)83)105(70-54-50-66(51-55-70)65-26-6-5-7-27-65)96-48-25-47-93-98(96)85-36-14-21-46-92(85)103(93)87-41-16-9-31-76(87)77-32-10-17-42-88(77)103/h5-18,20-43,45-64H,19,44H2,1-4H3. The van der Waals surface area contributed by atoms with Crippen molar-refractivity contribution >= 4 is 39.7 Å². The second kappa shape index (κ2) is 22.4. The summed E-state index contributed by atoms with van der Waals surface area (Å²) in [6.45, 7) is 9.70. The molecular formula is C104H74N2. The highest BCUT2D eigenvalue weighted by Gasteiger charge is 2.56. The predicted octanol–water partition coefficient (Wildman–Crippen LogP) is 27.0. The summed E-state index contributed by atoms with van der Waals surface area (Å²) in [6.07, 6.45) is 6.83. The molecule has 1 unspecified atom stereocenters. The van der Waals surface area contributed by atoms with Crippen molar-refractivity contribution in [2.24, 2.45) is 0 Å². The average molecular weight is 1350 g/mol. The van der Waals surface area contributed by atoms with Crippen LogP contribution in [0.15, 0.2) is 357 Å². The van der Waals surface area contributed by atoms with E-state index in [1.807, 2.05) is 0 Å². The topological polar surface area (TPSA) is 6.48 Å². The Labute approximate surface area is 620 Å². The third-order valence-corrected chi connectivity index (χ3v) is 25.4. The quantitative estimate of drug-likeness (QED) is 0.142. The van der Waals surface area contributed by atoms with E-state index in [4.69, 9.17) is 0 Å². The van der Waals surface area contributed by atoms with E-state index in [0.717, 1.165) is 41.3 Å². The summed E-state index contributed by atoms with van der Waals surface area (Å²) in [5.74, 6) is 0. The van der Waals surface area contributed by atoms with Gasteiger partial charge in [-0.1, -0.05) is 313 Å². The molecule has 106 heavy (non-hydrogen) atoms. The molecule has 2 heteroatoms. The molecule has 0 amide bonds. The molecule has 0 saturated carbocycles. The molecule has 0 saturated heterocycles. The molecule has 7 aliphatic carbocycles. The molecule has 0 fully saturated rings. The van der Waals surface area contributed by atoms with Crippen LogP contribution < -0.4 is 9.80 Å². The van der Waals surface area contributed by atoms with Gasteiger partial charge in [0.05, 0.1) is 22.2 Å². The van der Waals surface area contributed by atoms with Gasteiger partial charge in [-0.25, -0.2) is 0 Å². The highest BCUT2D eigenvalue weighted by atomic mass is 15.2. The summed E-state index contributed by atoms with van der Waals surface area (Å²) in [5, 5.41) is 0. The maximum Gasteiger partial charge on any atom is 0.0726 e. The van der Waals surface area contributed by atoms with E-state index in [1.54, 1.807) is 0 Å². The summed E-state index contributed by atoms with van der Waals surface area (Å²) >= 11 is 0. The monoisotopic (exact) mass is 1350 g/mol. The molecule has 7 aliphatic rings.